The number of halogens is 2. The van der Waals surface area contributed by atoms with Gasteiger partial charge in [0.15, 0.2) is 0 Å². The second kappa shape index (κ2) is 5.58. The van der Waals surface area contributed by atoms with Crippen molar-refractivity contribution in [2.45, 2.75) is 46.1 Å². The zero-order chi connectivity index (χ0) is 13.1. The summed E-state index contributed by atoms with van der Waals surface area (Å²) in [6.45, 7) is 6.26. The van der Waals surface area contributed by atoms with E-state index in [9.17, 15) is 13.9 Å². The van der Waals surface area contributed by atoms with Gasteiger partial charge in [0, 0.05) is 6.42 Å². The third-order valence-corrected chi connectivity index (χ3v) is 2.69. The van der Waals surface area contributed by atoms with Crippen LogP contribution in [0.4, 0.5) is 8.78 Å². The Morgan fingerprint density at radius 2 is 1.88 bits per heavy atom. The molecule has 3 heteroatoms. The van der Waals surface area contributed by atoms with Crippen LogP contribution in [0.2, 0.25) is 0 Å². The summed E-state index contributed by atoms with van der Waals surface area (Å²) in [5.74, 6) is -0.925. The summed E-state index contributed by atoms with van der Waals surface area (Å²) in [5, 5.41) is 9.79. The molecule has 0 saturated carbocycles. The molecule has 0 aliphatic rings. The molecule has 1 aromatic rings. The van der Waals surface area contributed by atoms with Crippen LogP contribution in [0.5, 0.6) is 0 Å². The van der Waals surface area contributed by atoms with Gasteiger partial charge in [-0.3, -0.25) is 0 Å². The molecule has 0 heterocycles. The zero-order valence-electron chi connectivity index (χ0n) is 10.6. The average molecular weight is 242 g/mol. The van der Waals surface area contributed by atoms with Crippen LogP contribution < -0.4 is 0 Å². The molecule has 0 bridgehead atoms. The molecular weight excluding hydrogens is 222 g/mol. The lowest BCUT2D eigenvalue weighted by molar-refractivity contribution is 0.144. The summed E-state index contributed by atoms with van der Waals surface area (Å²) in [7, 11) is 0. The highest BCUT2D eigenvalue weighted by Gasteiger charge is 2.15. The number of hydrogen-bond donors (Lipinski definition) is 1. The summed E-state index contributed by atoms with van der Waals surface area (Å²) in [6, 6.07) is 3.33. The van der Waals surface area contributed by atoms with Gasteiger partial charge in [-0.05, 0) is 42.0 Å². The minimum absolute atomic E-state index is 0.140. The van der Waals surface area contributed by atoms with E-state index in [1.807, 2.05) is 0 Å². The van der Waals surface area contributed by atoms with Gasteiger partial charge in [0.1, 0.15) is 11.6 Å². The maximum absolute atomic E-state index is 13.3. The van der Waals surface area contributed by atoms with Gasteiger partial charge in [-0.15, -0.1) is 0 Å². The lowest BCUT2D eigenvalue weighted by Crippen LogP contribution is -2.16. The highest BCUT2D eigenvalue weighted by Crippen LogP contribution is 2.23. The maximum atomic E-state index is 13.3. The van der Waals surface area contributed by atoms with Crippen LogP contribution in [0.15, 0.2) is 18.2 Å². The Balaban J connectivity index is 2.56. The molecule has 0 radical (unpaired) electrons. The Labute approximate surface area is 101 Å². The van der Waals surface area contributed by atoms with Crippen molar-refractivity contribution >= 4 is 0 Å². The quantitative estimate of drug-likeness (QED) is 0.853. The summed E-state index contributed by atoms with van der Waals surface area (Å²) < 4.78 is 26.3. The molecule has 1 unspecified atom stereocenters. The van der Waals surface area contributed by atoms with Crippen LogP contribution in [0.1, 0.15) is 39.2 Å². The van der Waals surface area contributed by atoms with Crippen LogP contribution >= 0.6 is 0 Å². The normalized spacial score (nSPS) is 13.8. The molecule has 0 aliphatic carbocycles. The number of benzene rings is 1. The van der Waals surface area contributed by atoms with E-state index in [1.165, 1.54) is 0 Å². The van der Waals surface area contributed by atoms with E-state index in [0.717, 1.165) is 24.6 Å². The third kappa shape index (κ3) is 5.26. The predicted molar refractivity (Wildman–Crippen MR) is 64.8 cm³/mol. The first-order chi connectivity index (χ1) is 7.78. The Kier molecular flexibility index (Phi) is 4.63. The van der Waals surface area contributed by atoms with E-state index in [2.05, 4.69) is 20.8 Å². The molecule has 0 fully saturated rings. The van der Waals surface area contributed by atoms with E-state index in [0.29, 0.717) is 6.42 Å². The van der Waals surface area contributed by atoms with Gasteiger partial charge in [0.2, 0.25) is 0 Å². The SMILES string of the molecule is CC(C)(C)CCC(O)Cc1cc(F)ccc1F. The molecule has 0 aromatic heterocycles. The minimum Gasteiger partial charge on any atom is -0.393 e. The first-order valence-corrected chi connectivity index (χ1v) is 5.90. The topological polar surface area (TPSA) is 20.2 Å². The van der Waals surface area contributed by atoms with Crippen molar-refractivity contribution in [3.05, 3.63) is 35.4 Å². The lowest BCUT2D eigenvalue weighted by atomic mass is 9.88. The predicted octanol–water partition coefficient (Wildman–Crippen LogP) is 3.69. The monoisotopic (exact) mass is 242 g/mol. The Morgan fingerprint density at radius 3 is 2.47 bits per heavy atom. The van der Waals surface area contributed by atoms with Crippen LogP contribution in [-0.2, 0) is 6.42 Å². The third-order valence-electron chi connectivity index (χ3n) is 2.69. The molecule has 0 spiro atoms. The lowest BCUT2D eigenvalue weighted by Gasteiger charge is -2.20. The number of rotatable bonds is 4. The molecule has 1 rings (SSSR count). The van der Waals surface area contributed by atoms with Gasteiger partial charge in [-0.2, -0.15) is 0 Å². The molecule has 1 aromatic carbocycles. The Hall–Kier alpha value is -0.960. The molecule has 1 N–H and O–H groups in total. The van der Waals surface area contributed by atoms with Gasteiger partial charge in [0.05, 0.1) is 6.10 Å². The molecule has 0 aliphatic heterocycles. The fourth-order valence-electron chi connectivity index (χ4n) is 1.66. The summed E-state index contributed by atoms with van der Waals surface area (Å²) in [4.78, 5) is 0. The van der Waals surface area contributed by atoms with Crippen LogP contribution in [-0.4, -0.2) is 11.2 Å². The molecule has 1 nitrogen and oxygen atoms in total. The Bertz CT molecular complexity index is 369. The maximum Gasteiger partial charge on any atom is 0.126 e. The van der Waals surface area contributed by atoms with Crippen molar-refractivity contribution < 1.29 is 13.9 Å². The van der Waals surface area contributed by atoms with E-state index in [-0.39, 0.29) is 17.4 Å². The summed E-state index contributed by atoms with van der Waals surface area (Å²) in [5.41, 5.74) is 0.382. The van der Waals surface area contributed by atoms with Crippen molar-refractivity contribution in [1.82, 2.24) is 0 Å². The molecular formula is C14H20F2O. The second-order valence-corrected chi connectivity index (χ2v) is 5.69. The largest absolute Gasteiger partial charge is 0.393 e. The van der Waals surface area contributed by atoms with E-state index in [1.54, 1.807) is 0 Å². The average Bonchev–Trinajstić information content (AvgIpc) is 2.20. The highest BCUT2D eigenvalue weighted by atomic mass is 19.1. The number of hydrogen-bond acceptors (Lipinski definition) is 1. The van der Waals surface area contributed by atoms with E-state index < -0.39 is 17.7 Å². The first-order valence-electron chi connectivity index (χ1n) is 5.90. The Morgan fingerprint density at radius 1 is 1.24 bits per heavy atom. The number of aliphatic hydroxyl groups is 1. The summed E-state index contributed by atoms with van der Waals surface area (Å²) >= 11 is 0. The number of aliphatic hydroxyl groups excluding tert-OH is 1. The van der Waals surface area contributed by atoms with Crippen LogP contribution in [0.3, 0.4) is 0 Å². The van der Waals surface area contributed by atoms with Crippen molar-refractivity contribution in [2.24, 2.45) is 5.41 Å². The molecule has 1 atom stereocenters. The molecule has 0 saturated heterocycles. The molecule has 96 valence electrons. The van der Waals surface area contributed by atoms with E-state index in [4.69, 9.17) is 0 Å². The van der Waals surface area contributed by atoms with Crippen molar-refractivity contribution in [1.29, 1.82) is 0 Å². The van der Waals surface area contributed by atoms with Crippen LogP contribution in [0, 0.1) is 17.0 Å². The van der Waals surface area contributed by atoms with Gasteiger partial charge >= 0.3 is 0 Å². The van der Waals surface area contributed by atoms with Crippen molar-refractivity contribution in [3.8, 4) is 0 Å². The molecule has 0 amide bonds. The zero-order valence-corrected chi connectivity index (χ0v) is 10.6. The van der Waals surface area contributed by atoms with Gasteiger partial charge in [0.25, 0.3) is 0 Å². The van der Waals surface area contributed by atoms with Crippen molar-refractivity contribution in [2.75, 3.05) is 0 Å². The smallest absolute Gasteiger partial charge is 0.126 e. The van der Waals surface area contributed by atoms with Gasteiger partial charge in [-0.25, -0.2) is 8.78 Å². The fourth-order valence-corrected chi connectivity index (χ4v) is 1.66. The van der Waals surface area contributed by atoms with Crippen LogP contribution in [0.25, 0.3) is 0 Å². The summed E-state index contributed by atoms with van der Waals surface area (Å²) in [6.07, 6.45) is 0.995. The minimum atomic E-state index is -0.620. The van der Waals surface area contributed by atoms with Gasteiger partial charge in [-0.1, -0.05) is 20.8 Å². The van der Waals surface area contributed by atoms with Crippen molar-refractivity contribution in [3.63, 3.8) is 0 Å². The standard InChI is InChI=1S/C14H20F2O/c1-14(2,3)7-6-12(17)9-10-8-11(15)4-5-13(10)16/h4-5,8,12,17H,6-7,9H2,1-3H3. The molecule has 17 heavy (non-hydrogen) atoms. The second-order valence-electron chi connectivity index (χ2n) is 5.69. The first kappa shape index (κ1) is 14.1. The van der Waals surface area contributed by atoms with E-state index >= 15 is 0 Å². The highest BCUT2D eigenvalue weighted by molar-refractivity contribution is 5.19. The van der Waals surface area contributed by atoms with Gasteiger partial charge < -0.3 is 5.11 Å². The fraction of sp³-hybridized carbons (Fsp3) is 0.571.